The highest BCUT2D eigenvalue weighted by atomic mass is 79.9. The number of ether oxygens (including phenoxy) is 2. The van der Waals surface area contributed by atoms with Crippen LogP contribution < -0.4 is 15.2 Å². The first kappa shape index (κ1) is 14.4. The minimum absolute atomic E-state index is 0.138. The van der Waals surface area contributed by atoms with E-state index in [0.29, 0.717) is 6.42 Å². The number of hydrogen-bond acceptors (Lipinski definition) is 3. The van der Waals surface area contributed by atoms with Crippen LogP contribution in [0.25, 0.3) is 0 Å². The lowest BCUT2D eigenvalue weighted by molar-refractivity contribution is 0.161. The Hall–Kier alpha value is -1.59. The Morgan fingerprint density at radius 1 is 1.29 bits per heavy atom. The van der Waals surface area contributed by atoms with E-state index in [1.54, 1.807) is 6.07 Å². The van der Waals surface area contributed by atoms with E-state index in [0.717, 1.165) is 21.3 Å². The lowest BCUT2D eigenvalue weighted by atomic mass is 9.93. The summed E-state index contributed by atoms with van der Waals surface area (Å²) in [7, 11) is 1.44. The van der Waals surface area contributed by atoms with Gasteiger partial charge in [0.05, 0.1) is 7.11 Å². The van der Waals surface area contributed by atoms with Crippen molar-refractivity contribution in [3.05, 3.63) is 57.8 Å². The van der Waals surface area contributed by atoms with Gasteiger partial charge in [0.25, 0.3) is 0 Å². The molecule has 3 rings (SSSR count). The van der Waals surface area contributed by atoms with Gasteiger partial charge in [-0.05, 0) is 35.9 Å². The molecule has 1 aliphatic heterocycles. The Labute approximate surface area is 131 Å². The molecule has 0 radical (unpaired) electrons. The van der Waals surface area contributed by atoms with Crippen LogP contribution in [0.1, 0.15) is 29.7 Å². The predicted octanol–water partition coefficient (Wildman–Crippen LogP) is 4.12. The number of methoxy groups -OCH3 is 1. The minimum Gasteiger partial charge on any atom is -0.494 e. The van der Waals surface area contributed by atoms with E-state index >= 15 is 0 Å². The fraction of sp³-hybridized carbons (Fsp3) is 0.250. The highest BCUT2D eigenvalue weighted by Gasteiger charge is 2.27. The number of nitrogens with two attached hydrogens (primary N) is 1. The van der Waals surface area contributed by atoms with Crippen molar-refractivity contribution in [2.24, 2.45) is 5.73 Å². The third-order valence-electron chi connectivity index (χ3n) is 3.66. The van der Waals surface area contributed by atoms with Gasteiger partial charge in [-0.2, -0.15) is 0 Å². The summed E-state index contributed by atoms with van der Waals surface area (Å²) in [4.78, 5) is 0. The molecule has 1 aliphatic rings. The van der Waals surface area contributed by atoms with E-state index < -0.39 is 5.82 Å². The second kappa shape index (κ2) is 5.66. The van der Waals surface area contributed by atoms with Gasteiger partial charge in [0.1, 0.15) is 11.9 Å². The maximum absolute atomic E-state index is 13.8. The first-order valence-electron chi connectivity index (χ1n) is 6.63. The van der Waals surface area contributed by atoms with Gasteiger partial charge in [-0.3, -0.25) is 0 Å². The summed E-state index contributed by atoms with van der Waals surface area (Å²) in [6, 6.07) is 10.5. The standard InChI is InChI=1S/C16H15BrFNO2/c1-20-15-4-2-9(6-12(15)18)16-8-13(19)11-7-10(17)3-5-14(11)21-16/h2-7,13,16H,8,19H2,1H3/t13-,16?/m1/s1. The topological polar surface area (TPSA) is 44.5 Å². The fourth-order valence-corrected chi connectivity index (χ4v) is 2.94. The maximum Gasteiger partial charge on any atom is 0.165 e. The quantitative estimate of drug-likeness (QED) is 0.884. The number of benzene rings is 2. The smallest absolute Gasteiger partial charge is 0.165 e. The summed E-state index contributed by atoms with van der Waals surface area (Å²) < 4.78 is 25.7. The van der Waals surface area contributed by atoms with Gasteiger partial charge in [0, 0.05) is 22.5 Å². The molecule has 2 aromatic carbocycles. The zero-order valence-electron chi connectivity index (χ0n) is 11.5. The van der Waals surface area contributed by atoms with Gasteiger partial charge >= 0.3 is 0 Å². The van der Waals surface area contributed by atoms with Gasteiger partial charge in [-0.1, -0.05) is 22.0 Å². The van der Waals surface area contributed by atoms with Crippen LogP contribution in [0.2, 0.25) is 0 Å². The van der Waals surface area contributed by atoms with E-state index in [1.165, 1.54) is 13.2 Å². The third-order valence-corrected chi connectivity index (χ3v) is 4.15. The summed E-state index contributed by atoms with van der Waals surface area (Å²) >= 11 is 3.43. The molecule has 2 N–H and O–H groups in total. The zero-order chi connectivity index (χ0) is 15.0. The van der Waals surface area contributed by atoms with Gasteiger partial charge in [-0.25, -0.2) is 4.39 Å². The lowest BCUT2D eigenvalue weighted by Crippen LogP contribution is -2.24. The molecule has 0 fully saturated rings. The van der Waals surface area contributed by atoms with Crippen LogP contribution >= 0.6 is 15.9 Å². The molecule has 110 valence electrons. The van der Waals surface area contributed by atoms with Crippen molar-refractivity contribution in [2.45, 2.75) is 18.6 Å². The Balaban J connectivity index is 1.92. The molecule has 21 heavy (non-hydrogen) atoms. The monoisotopic (exact) mass is 351 g/mol. The molecule has 0 spiro atoms. The molecule has 0 bridgehead atoms. The zero-order valence-corrected chi connectivity index (χ0v) is 13.1. The molecule has 0 aromatic heterocycles. The van der Waals surface area contributed by atoms with E-state index in [-0.39, 0.29) is 17.9 Å². The van der Waals surface area contributed by atoms with Crippen molar-refractivity contribution >= 4 is 15.9 Å². The Bertz CT molecular complexity index is 677. The third kappa shape index (κ3) is 2.76. The number of halogens is 2. The van der Waals surface area contributed by atoms with Gasteiger partial charge < -0.3 is 15.2 Å². The van der Waals surface area contributed by atoms with Crippen molar-refractivity contribution in [1.82, 2.24) is 0 Å². The second-order valence-corrected chi connectivity index (χ2v) is 5.94. The molecule has 1 heterocycles. The molecule has 1 unspecified atom stereocenters. The normalized spacial score (nSPS) is 20.6. The minimum atomic E-state index is -0.395. The molecule has 0 amide bonds. The van der Waals surface area contributed by atoms with Crippen LogP contribution in [0.15, 0.2) is 40.9 Å². The molecular formula is C16H15BrFNO2. The summed E-state index contributed by atoms with van der Waals surface area (Å²) in [6.07, 6.45) is 0.351. The first-order chi connectivity index (χ1) is 10.1. The molecule has 2 aromatic rings. The van der Waals surface area contributed by atoms with Gasteiger partial charge in [-0.15, -0.1) is 0 Å². The highest BCUT2D eigenvalue weighted by Crippen LogP contribution is 2.41. The van der Waals surface area contributed by atoms with Gasteiger partial charge in [0.15, 0.2) is 11.6 Å². The van der Waals surface area contributed by atoms with Crippen LogP contribution in [-0.2, 0) is 0 Å². The molecule has 5 heteroatoms. The van der Waals surface area contributed by atoms with Crippen molar-refractivity contribution in [3.8, 4) is 11.5 Å². The average molecular weight is 352 g/mol. The molecule has 2 atom stereocenters. The van der Waals surface area contributed by atoms with Crippen molar-refractivity contribution < 1.29 is 13.9 Å². The SMILES string of the molecule is COc1ccc(C2C[C@@H](N)c3cc(Br)ccc3O2)cc1F. The van der Waals surface area contributed by atoms with Crippen LogP contribution in [0.3, 0.4) is 0 Å². The Morgan fingerprint density at radius 3 is 2.81 bits per heavy atom. The highest BCUT2D eigenvalue weighted by molar-refractivity contribution is 9.10. The number of fused-ring (bicyclic) bond motifs is 1. The van der Waals surface area contributed by atoms with E-state index in [4.69, 9.17) is 15.2 Å². The average Bonchev–Trinajstić information content (AvgIpc) is 2.47. The summed E-state index contributed by atoms with van der Waals surface area (Å²) in [5, 5.41) is 0. The largest absolute Gasteiger partial charge is 0.494 e. The Kier molecular flexibility index (Phi) is 3.87. The summed E-state index contributed by atoms with van der Waals surface area (Å²) in [5.41, 5.74) is 7.95. The van der Waals surface area contributed by atoms with Crippen molar-refractivity contribution in [3.63, 3.8) is 0 Å². The summed E-state index contributed by atoms with van der Waals surface area (Å²) in [6.45, 7) is 0. The second-order valence-electron chi connectivity index (χ2n) is 5.02. The van der Waals surface area contributed by atoms with Crippen molar-refractivity contribution in [2.75, 3.05) is 7.11 Å². The van der Waals surface area contributed by atoms with Crippen LogP contribution in [-0.4, -0.2) is 7.11 Å². The van der Waals surface area contributed by atoms with E-state index in [9.17, 15) is 4.39 Å². The summed E-state index contributed by atoms with van der Waals surface area (Å²) in [5.74, 6) is 0.579. The van der Waals surface area contributed by atoms with Gasteiger partial charge in [0.2, 0.25) is 0 Å². The van der Waals surface area contributed by atoms with Crippen molar-refractivity contribution in [1.29, 1.82) is 0 Å². The predicted molar refractivity (Wildman–Crippen MR) is 82.0 cm³/mol. The number of hydrogen-bond donors (Lipinski definition) is 1. The number of rotatable bonds is 2. The Morgan fingerprint density at radius 2 is 2.10 bits per heavy atom. The molecule has 0 saturated heterocycles. The van der Waals surface area contributed by atoms with E-state index in [2.05, 4.69) is 15.9 Å². The van der Waals surface area contributed by atoms with Crippen LogP contribution in [0.5, 0.6) is 11.5 Å². The molecule has 3 nitrogen and oxygen atoms in total. The van der Waals surface area contributed by atoms with Crippen LogP contribution in [0.4, 0.5) is 4.39 Å². The lowest BCUT2D eigenvalue weighted by Gasteiger charge is -2.30. The fourth-order valence-electron chi connectivity index (χ4n) is 2.56. The molecular weight excluding hydrogens is 337 g/mol. The van der Waals surface area contributed by atoms with E-state index in [1.807, 2.05) is 24.3 Å². The first-order valence-corrected chi connectivity index (χ1v) is 7.43. The molecule has 0 aliphatic carbocycles. The maximum atomic E-state index is 13.8. The van der Waals surface area contributed by atoms with Crippen LogP contribution in [0, 0.1) is 5.82 Å². The molecule has 0 saturated carbocycles.